The van der Waals surface area contributed by atoms with Crippen LogP contribution in [0.2, 0.25) is 0 Å². The van der Waals surface area contributed by atoms with E-state index in [1.165, 1.54) is 17.0 Å². The molecular weight excluding hydrogens is 375 g/mol. The van der Waals surface area contributed by atoms with Crippen LogP contribution in [0.4, 0.5) is 10.1 Å². The molecule has 2 aromatic carbocycles. The molecule has 0 aliphatic carbocycles. The van der Waals surface area contributed by atoms with Crippen molar-refractivity contribution in [3.05, 3.63) is 65.5 Å². The van der Waals surface area contributed by atoms with Gasteiger partial charge >= 0.3 is 0 Å². The monoisotopic (exact) mass is 400 g/mol. The molecule has 0 unspecified atom stereocenters. The van der Waals surface area contributed by atoms with Gasteiger partial charge in [-0.1, -0.05) is 24.3 Å². The zero-order valence-electron chi connectivity index (χ0n) is 16.1. The summed E-state index contributed by atoms with van der Waals surface area (Å²) in [6, 6.07) is 13.4. The first kappa shape index (κ1) is 21.0. The summed E-state index contributed by atoms with van der Waals surface area (Å²) in [5.74, 6) is -0.516. The Balaban J connectivity index is 1.41. The minimum Gasteiger partial charge on any atom is -0.388 e. The second kappa shape index (κ2) is 9.62. The number of hydrogen-bond acceptors (Lipinski definition) is 4. The third-order valence-electron chi connectivity index (χ3n) is 5.03. The maximum atomic E-state index is 12.9. The van der Waals surface area contributed by atoms with Gasteiger partial charge in [-0.25, -0.2) is 4.39 Å². The van der Waals surface area contributed by atoms with E-state index in [4.69, 9.17) is 0 Å². The van der Waals surface area contributed by atoms with Crippen LogP contribution >= 0.6 is 0 Å². The summed E-state index contributed by atoms with van der Waals surface area (Å²) in [4.78, 5) is 25.7. The molecule has 0 radical (unpaired) electrons. The lowest BCUT2D eigenvalue weighted by atomic mass is 10.1. The van der Waals surface area contributed by atoms with Crippen LogP contribution in [0.1, 0.15) is 24.0 Å². The van der Waals surface area contributed by atoms with Gasteiger partial charge in [0, 0.05) is 31.6 Å². The van der Waals surface area contributed by atoms with Crippen LogP contribution in [0.15, 0.2) is 48.5 Å². The number of carbonyl (C=O) groups excluding carboxylic acids is 2. The lowest BCUT2D eigenvalue weighted by Crippen LogP contribution is -2.29. The number of hydrogen-bond donors (Lipinski definition) is 3. The largest absolute Gasteiger partial charge is 0.388 e. The summed E-state index contributed by atoms with van der Waals surface area (Å²) in [7, 11) is 0. The molecule has 1 aliphatic rings. The molecule has 1 saturated heterocycles. The number of likely N-dealkylation sites (tertiary alicyclic amines) is 1. The number of anilines is 1. The van der Waals surface area contributed by atoms with Crippen molar-refractivity contribution in [2.24, 2.45) is 0 Å². The quantitative estimate of drug-likeness (QED) is 0.662. The smallest absolute Gasteiger partial charge is 0.224 e. The van der Waals surface area contributed by atoms with Gasteiger partial charge in [0.25, 0.3) is 0 Å². The Morgan fingerprint density at radius 1 is 0.897 bits per heavy atom. The number of rotatable bonds is 7. The number of amides is 2. The molecule has 29 heavy (non-hydrogen) atoms. The fraction of sp³-hybridized carbons (Fsp3) is 0.364. The SMILES string of the molecule is O=C(CCc1ccc(F)cc1)Nc1ccc(CCC(=O)N2C[C@H](O)[C@@H](O)C2)cc1. The first-order valence-corrected chi connectivity index (χ1v) is 9.68. The van der Waals surface area contributed by atoms with E-state index in [1.54, 1.807) is 24.3 Å². The average molecular weight is 400 g/mol. The summed E-state index contributed by atoms with van der Waals surface area (Å²) in [6.07, 6.45) is -0.0695. The summed E-state index contributed by atoms with van der Waals surface area (Å²) in [5.41, 5.74) is 2.54. The van der Waals surface area contributed by atoms with Gasteiger partial charge in [-0.05, 0) is 48.2 Å². The number of β-amino-alcohol motifs (C(OH)–C–C–N with tert-alkyl or cyclic N) is 2. The molecule has 1 fully saturated rings. The molecule has 0 aromatic heterocycles. The summed E-state index contributed by atoms with van der Waals surface area (Å²) >= 11 is 0. The van der Waals surface area contributed by atoms with Crippen LogP contribution in [-0.4, -0.2) is 52.2 Å². The highest BCUT2D eigenvalue weighted by Crippen LogP contribution is 2.15. The lowest BCUT2D eigenvalue weighted by molar-refractivity contribution is -0.130. The van der Waals surface area contributed by atoms with Crippen molar-refractivity contribution in [3.63, 3.8) is 0 Å². The van der Waals surface area contributed by atoms with Gasteiger partial charge in [0.15, 0.2) is 0 Å². The van der Waals surface area contributed by atoms with Crippen molar-refractivity contribution < 1.29 is 24.2 Å². The maximum absolute atomic E-state index is 12.9. The maximum Gasteiger partial charge on any atom is 0.224 e. The highest BCUT2D eigenvalue weighted by atomic mass is 19.1. The van der Waals surface area contributed by atoms with Gasteiger partial charge in [-0.2, -0.15) is 0 Å². The highest BCUT2D eigenvalue weighted by molar-refractivity contribution is 5.90. The number of benzene rings is 2. The number of aliphatic hydroxyl groups excluding tert-OH is 2. The van der Waals surface area contributed by atoms with Crippen LogP contribution < -0.4 is 5.32 Å². The van der Waals surface area contributed by atoms with Gasteiger partial charge in [-0.15, -0.1) is 0 Å². The van der Waals surface area contributed by atoms with Crippen molar-refractivity contribution in [3.8, 4) is 0 Å². The molecule has 2 amide bonds. The minimum atomic E-state index is -0.870. The molecule has 0 saturated carbocycles. The zero-order valence-corrected chi connectivity index (χ0v) is 16.1. The average Bonchev–Trinajstić information content (AvgIpc) is 3.05. The van der Waals surface area contributed by atoms with E-state index in [2.05, 4.69) is 5.32 Å². The van der Waals surface area contributed by atoms with Crippen molar-refractivity contribution in [1.29, 1.82) is 0 Å². The molecule has 7 heteroatoms. The van der Waals surface area contributed by atoms with E-state index in [-0.39, 0.29) is 30.7 Å². The van der Waals surface area contributed by atoms with Crippen molar-refractivity contribution in [1.82, 2.24) is 4.90 Å². The highest BCUT2D eigenvalue weighted by Gasteiger charge is 2.32. The Morgan fingerprint density at radius 2 is 1.41 bits per heavy atom. The number of aliphatic hydroxyl groups is 2. The molecular formula is C22H25FN2O4. The second-order valence-corrected chi connectivity index (χ2v) is 7.30. The third kappa shape index (κ3) is 6.10. The van der Waals surface area contributed by atoms with Crippen molar-refractivity contribution in [2.45, 2.75) is 37.9 Å². The topological polar surface area (TPSA) is 89.9 Å². The second-order valence-electron chi connectivity index (χ2n) is 7.30. The van der Waals surface area contributed by atoms with Crippen LogP contribution in [0.5, 0.6) is 0 Å². The fourth-order valence-corrected chi connectivity index (χ4v) is 3.27. The van der Waals surface area contributed by atoms with E-state index in [9.17, 15) is 24.2 Å². The van der Waals surface area contributed by atoms with Crippen LogP contribution in [0.25, 0.3) is 0 Å². The van der Waals surface area contributed by atoms with Gasteiger partial charge in [-0.3, -0.25) is 9.59 Å². The standard InChI is InChI=1S/C22H25FN2O4/c23-17-7-1-15(2-8-17)5-11-21(28)24-18-9-3-16(4-10-18)6-12-22(29)25-13-19(26)20(27)14-25/h1-4,7-10,19-20,26-27H,5-6,11-14H2,(H,24,28)/t19-,20-/m0/s1. The lowest BCUT2D eigenvalue weighted by Gasteiger charge is -2.15. The number of carbonyl (C=O) groups is 2. The molecule has 1 aliphatic heterocycles. The Morgan fingerprint density at radius 3 is 2.00 bits per heavy atom. The van der Waals surface area contributed by atoms with E-state index < -0.39 is 12.2 Å². The predicted octanol–water partition coefficient (Wildman–Crippen LogP) is 1.89. The Hall–Kier alpha value is -2.77. The number of nitrogens with one attached hydrogen (secondary N) is 1. The molecule has 3 N–H and O–H groups in total. The van der Waals surface area contributed by atoms with Crippen LogP contribution in [0.3, 0.4) is 0 Å². The third-order valence-corrected chi connectivity index (χ3v) is 5.03. The summed E-state index contributed by atoms with van der Waals surface area (Å²) < 4.78 is 12.9. The van der Waals surface area contributed by atoms with Crippen LogP contribution in [-0.2, 0) is 22.4 Å². The molecule has 6 nitrogen and oxygen atoms in total. The number of nitrogens with zero attached hydrogens (tertiary/aromatic N) is 1. The Kier molecular flexibility index (Phi) is 6.95. The van der Waals surface area contributed by atoms with Crippen molar-refractivity contribution >= 4 is 17.5 Å². The summed E-state index contributed by atoms with van der Waals surface area (Å²) in [5, 5.41) is 21.9. The number of aryl methyl sites for hydroxylation is 2. The van der Waals surface area contributed by atoms with E-state index in [0.717, 1.165) is 11.1 Å². The Bertz CT molecular complexity index is 829. The fourth-order valence-electron chi connectivity index (χ4n) is 3.27. The molecule has 3 rings (SSSR count). The first-order chi connectivity index (χ1) is 13.9. The zero-order chi connectivity index (χ0) is 20.8. The molecule has 1 heterocycles. The first-order valence-electron chi connectivity index (χ1n) is 9.68. The van der Waals surface area contributed by atoms with E-state index in [0.29, 0.717) is 31.4 Å². The van der Waals surface area contributed by atoms with Crippen molar-refractivity contribution in [2.75, 3.05) is 18.4 Å². The molecule has 2 atom stereocenters. The van der Waals surface area contributed by atoms with Gasteiger partial charge in [0.2, 0.25) is 11.8 Å². The van der Waals surface area contributed by atoms with E-state index in [1.807, 2.05) is 12.1 Å². The Labute approximate surface area is 169 Å². The minimum absolute atomic E-state index is 0.0984. The van der Waals surface area contributed by atoms with Gasteiger partial charge in [0.05, 0.1) is 12.2 Å². The molecule has 2 aromatic rings. The van der Waals surface area contributed by atoms with E-state index >= 15 is 0 Å². The van der Waals surface area contributed by atoms with Gasteiger partial charge in [0.1, 0.15) is 5.82 Å². The molecule has 0 bridgehead atoms. The normalized spacial score (nSPS) is 18.7. The van der Waals surface area contributed by atoms with Crippen LogP contribution in [0, 0.1) is 5.82 Å². The molecule has 154 valence electrons. The summed E-state index contributed by atoms with van der Waals surface area (Å²) in [6.45, 7) is 0.339. The molecule has 0 spiro atoms. The predicted molar refractivity (Wildman–Crippen MR) is 107 cm³/mol. The van der Waals surface area contributed by atoms with Gasteiger partial charge < -0.3 is 20.4 Å². The number of halogens is 1.